The van der Waals surface area contributed by atoms with Crippen molar-refractivity contribution in [3.8, 4) is 0 Å². The zero-order valence-electron chi connectivity index (χ0n) is 15.1. The van der Waals surface area contributed by atoms with E-state index < -0.39 is 17.3 Å². The van der Waals surface area contributed by atoms with Crippen molar-refractivity contribution in [2.75, 3.05) is 6.61 Å². The summed E-state index contributed by atoms with van der Waals surface area (Å²) in [6, 6.07) is 0. The fourth-order valence-corrected chi connectivity index (χ4v) is 7.26. The minimum absolute atomic E-state index is 0.0515. The van der Waals surface area contributed by atoms with Crippen molar-refractivity contribution in [2.45, 2.75) is 76.0 Å². The first-order valence-electron chi connectivity index (χ1n) is 9.78. The van der Waals surface area contributed by atoms with Gasteiger partial charge in [0.25, 0.3) is 0 Å². The Bertz CT molecular complexity index is 728. The summed E-state index contributed by atoms with van der Waals surface area (Å²) < 4.78 is 17.8. The van der Waals surface area contributed by atoms with Crippen LogP contribution in [0.25, 0.3) is 0 Å². The largest absolute Gasteiger partial charge is 0.458 e. The van der Waals surface area contributed by atoms with E-state index in [1.54, 1.807) is 0 Å². The minimum atomic E-state index is -0.539. The fourth-order valence-electron chi connectivity index (χ4n) is 7.26. The van der Waals surface area contributed by atoms with Gasteiger partial charge in [-0.15, -0.1) is 0 Å². The number of aliphatic hydroxyl groups is 1. The van der Waals surface area contributed by atoms with E-state index in [0.29, 0.717) is 24.4 Å². The number of hydrogen-bond acceptors (Lipinski definition) is 5. The Morgan fingerprint density at radius 3 is 2.76 bits per heavy atom. The van der Waals surface area contributed by atoms with Crippen molar-refractivity contribution in [3.63, 3.8) is 0 Å². The van der Waals surface area contributed by atoms with Crippen LogP contribution in [-0.4, -0.2) is 47.2 Å². The number of aliphatic hydroxyl groups excluding tert-OH is 1. The van der Waals surface area contributed by atoms with Gasteiger partial charge in [-0.2, -0.15) is 0 Å². The molecule has 4 fully saturated rings. The zero-order valence-corrected chi connectivity index (χ0v) is 15.1. The molecule has 3 aliphatic carbocycles. The first-order chi connectivity index (χ1) is 11.9. The van der Waals surface area contributed by atoms with Gasteiger partial charge in [-0.3, -0.25) is 0 Å². The zero-order chi connectivity index (χ0) is 17.4. The predicted octanol–water partition coefficient (Wildman–Crippen LogP) is 1.97. The smallest absolute Gasteiger partial charge is 0.334 e. The summed E-state index contributed by atoms with van der Waals surface area (Å²) in [5, 5.41) is 11.3. The molecule has 2 saturated heterocycles. The van der Waals surface area contributed by atoms with E-state index in [2.05, 4.69) is 20.8 Å². The third-order valence-corrected chi connectivity index (χ3v) is 8.71. The minimum Gasteiger partial charge on any atom is -0.458 e. The van der Waals surface area contributed by atoms with Crippen LogP contribution in [0.15, 0.2) is 11.1 Å². The van der Waals surface area contributed by atoms with E-state index in [1.807, 2.05) is 0 Å². The number of esters is 1. The maximum absolute atomic E-state index is 12.0. The van der Waals surface area contributed by atoms with E-state index in [9.17, 15) is 9.90 Å². The third kappa shape index (κ3) is 1.45. The van der Waals surface area contributed by atoms with Crippen LogP contribution in [-0.2, 0) is 19.0 Å². The number of ether oxygens (including phenoxy) is 3. The first kappa shape index (κ1) is 15.2. The standard InChI is InChI=1S/C20H26O5/c1-9(2)19-15(24-19)7-13-18(3)5-4-10-11(8-23-16(10)21)12(18)6-14-20(13,25-14)17(19)22/h9,12-15,17,22H,4-8H2,1-3H3/t12-,13?,14-,15-,17+,18-,19-,20+/m0/s1. The molecule has 6 rings (SSSR count). The second-order valence-corrected chi connectivity index (χ2v) is 9.64. The Labute approximate surface area is 147 Å². The molecular weight excluding hydrogens is 320 g/mol. The van der Waals surface area contributed by atoms with Crippen molar-refractivity contribution < 1.29 is 24.1 Å². The van der Waals surface area contributed by atoms with Gasteiger partial charge < -0.3 is 19.3 Å². The van der Waals surface area contributed by atoms with Crippen LogP contribution >= 0.6 is 0 Å². The Morgan fingerprint density at radius 2 is 2.00 bits per heavy atom. The molecular formula is C20H26O5. The molecule has 8 atom stereocenters. The lowest BCUT2D eigenvalue weighted by Gasteiger charge is -2.54. The SMILES string of the molecule is CC(C)[C@]12O[C@H]1CC1[C@]3(O[C@H]3C[C@H]3C4=C(CC[C@]13C)C(=O)OC4)[C@@H]2O. The number of rotatable bonds is 1. The average Bonchev–Trinajstić information content (AvgIpc) is 3.44. The molecule has 5 nitrogen and oxygen atoms in total. The monoisotopic (exact) mass is 346 g/mol. The Kier molecular flexibility index (Phi) is 2.52. The Balaban J connectivity index is 1.43. The molecule has 0 bridgehead atoms. The molecule has 136 valence electrons. The van der Waals surface area contributed by atoms with Gasteiger partial charge in [0.1, 0.15) is 23.9 Å². The van der Waals surface area contributed by atoms with Crippen LogP contribution in [0, 0.1) is 23.2 Å². The van der Waals surface area contributed by atoms with Gasteiger partial charge in [-0.25, -0.2) is 4.79 Å². The average molecular weight is 346 g/mol. The Hall–Kier alpha value is -0.910. The molecule has 3 heterocycles. The van der Waals surface area contributed by atoms with Gasteiger partial charge in [0.05, 0.1) is 12.2 Å². The molecule has 0 aromatic carbocycles. The Morgan fingerprint density at radius 1 is 1.20 bits per heavy atom. The molecule has 2 saturated carbocycles. The summed E-state index contributed by atoms with van der Waals surface area (Å²) in [6.07, 6.45) is 3.35. The summed E-state index contributed by atoms with van der Waals surface area (Å²) in [5.74, 6) is 0.812. The topological polar surface area (TPSA) is 71.6 Å². The van der Waals surface area contributed by atoms with E-state index in [4.69, 9.17) is 14.2 Å². The van der Waals surface area contributed by atoms with Crippen LogP contribution in [0.3, 0.4) is 0 Å². The molecule has 5 heteroatoms. The summed E-state index contributed by atoms with van der Waals surface area (Å²) in [7, 11) is 0. The van der Waals surface area contributed by atoms with Crippen molar-refractivity contribution in [3.05, 3.63) is 11.1 Å². The van der Waals surface area contributed by atoms with Gasteiger partial charge in [-0.1, -0.05) is 20.8 Å². The van der Waals surface area contributed by atoms with E-state index in [1.165, 1.54) is 5.57 Å². The highest BCUT2D eigenvalue weighted by atomic mass is 16.7. The molecule has 6 aliphatic rings. The molecule has 25 heavy (non-hydrogen) atoms. The number of carbonyl (C=O) groups is 1. The quantitative estimate of drug-likeness (QED) is 0.581. The number of hydrogen-bond donors (Lipinski definition) is 1. The molecule has 0 aromatic rings. The van der Waals surface area contributed by atoms with Crippen LogP contribution in [0.5, 0.6) is 0 Å². The number of cyclic esters (lactones) is 1. The van der Waals surface area contributed by atoms with Crippen molar-refractivity contribution in [1.29, 1.82) is 0 Å². The number of fused-ring (bicyclic) bond motifs is 4. The highest BCUT2D eigenvalue weighted by molar-refractivity contribution is 5.92. The van der Waals surface area contributed by atoms with Gasteiger partial charge in [0, 0.05) is 11.5 Å². The van der Waals surface area contributed by atoms with Crippen LogP contribution < -0.4 is 0 Å². The molecule has 3 aliphatic heterocycles. The van der Waals surface area contributed by atoms with Crippen molar-refractivity contribution >= 4 is 5.97 Å². The second-order valence-electron chi connectivity index (χ2n) is 9.64. The highest BCUT2D eigenvalue weighted by Gasteiger charge is 2.84. The lowest BCUT2D eigenvalue weighted by atomic mass is 9.47. The van der Waals surface area contributed by atoms with Gasteiger partial charge in [0.15, 0.2) is 0 Å². The lowest BCUT2D eigenvalue weighted by molar-refractivity contribution is -0.136. The summed E-state index contributed by atoms with van der Waals surface area (Å²) in [6.45, 7) is 7.10. The van der Waals surface area contributed by atoms with Gasteiger partial charge in [-0.05, 0) is 48.5 Å². The molecule has 0 aromatic heterocycles. The summed E-state index contributed by atoms with van der Waals surface area (Å²) >= 11 is 0. The first-order valence-corrected chi connectivity index (χ1v) is 9.78. The van der Waals surface area contributed by atoms with Crippen LogP contribution in [0.4, 0.5) is 0 Å². The van der Waals surface area contributed by atoms with Crippen molar-refractivity contribution in [2.24, 2.45) is 23.2 Å². The maximum Gasteiger partial charge on any atom is 0.334 e. The molecule has 0 amide bonds. The van der Waals surface area contributed by atoms with E-state index >= 15 is 0 Å². The predicted molar refractivity (Wildman–Crippen MR) is 87.6 cm³/mol. The number of carbonyl (C=O) groups excluding carboxylic acids is 1. The third-order valence-electron chi connectivity index (χ3n) is 8.71. The highest BCUT2D eigenvalue weighted by Crippen LogP contribution is 2.74. The van der Waals surface area contributed by atoms with Crippen molar-refractivity contribution in [1.82, 2.24) is 0 Å². The molecule has 1 N–H and O–H groups in total. The summed E-state index contributed by atoms with van der Waals surface area (Å²) in [4.78, 5) is 12.0. The van der Waals surface area contributed by atoms with Crippen LogP contribution in [0.2, 0.25) is 0 Å². The van der Waals surface area contributed by atoms with E-state index in [-0.39, 0.29) is 23.6 Å². The number of epoxide rings is 2. The van der Waals surface area contributed by atoms with Gasteiger partial charge >= 0.3 is 5.97 Å². The van der Waals surface area contributed by atoms with Gasteiger partial charge in [0.2, 0.25) is 0 Å². The molecule has 1 unspecified atom stereocenters. The van der Waals surface area contributed by atoms with Crippen LogP contribution in [0.1, 0.15) is 46.5 Å². The molecule has 0 radical (unpaired) electrons. The second kappa shape index (κ2) is 4.15. The fraction of sp³-hybridized carbons (Fsp3) is 0.850. The lowest BCUT2D eigenvalue weighted by Crippen LogP contribution is -2.63. The normalized spacial score (nSPS) is 58.0. The summed E-state index contributed by atoms with van der Waals surface area (Å²) in [5.41, 5.74) is 1.36. The maximum atomic E-state index is 12.0. The van der Waals surface area contributed by atoms with E-state index in [0.717, 1.165) is 31.3 Å². The molecule has 1 spiro atoms.